The van der Waals surface area contributed by atoms with Gasteiger partial charge in [-0.15, -0.1) is 24.0 Å². The number of nitrogens with zero attached hydrogens (tertiary/aromatic N) is 3. The van der Waals surface area contributed by atoms with Crippen LogP contribution in [0, 0.1) is 0 Å². The summed E-state index contributed by atoms with van der Waals surface area (Å²) in [5.41, 5.74) is 0.909. The lowest BCUT2D eigenvalue weighted by Gasteiger charge is -2.36. The third-order valence-electron chi connectivity index (χ3n) is 4.61. The number of piperazine rings is 1. The highest BCUT2D eigenvalue weighted by Gasteiger charge is 2.23. The quantitative estimate of drug-likeness (QED) is 0.316. The fraction of sp³-hybridized carbons (Fsp3) is 0.579. The topological polar surface area (TPSA) is 82.1 Å². The monoisotopic (exact) mass is 556 g/mol. The van der Waals surface area contributed by atoms with E-state index in [1.165, 1.54) is 0 Å². The first-order valence-electron chi connectivity index (χ1n) is 9.60. The smallest absolute Gasteiger partial charge is 0.227 e. The van der Waals surface area contributed by atoms with Crippen LogP contribution in [-0.2, 0) is 21.1 Å². The molecule has 0 spiro atoms. The van der Waals surface area contributed by atoms with Gasteiger partial charge in [-0.05, 0) is 24.6 Å². The third kappa shape index (κ3) is 8.67. The van der Waals surface area contributed by atoms with E-state index in [1.807, 2.05) is 30.0 Å². The zero-order chi connectivity index (χ0) is 20.6. The van der Waals surface area contributed by atoms with Gasteiger partial charge in [0.15, 0.2) is 15.8 Å². The molecule has 7 nitrogen and oxygen atoms in total. The molecule has 1 saturated heterocycles. The highest BCUT2D eigenvalue weighted by molar-refractivity contribution is 14.0. The fourth-order valence-corrected chi connectivity index (χ4v) is 3.83. The SMILES string of the molecule is CCNC(=NCCS(=O)(=O)CC)N1CCN(C(=O)Cc2cccc(Cl)c2)CC1.I. The molecule has 10 heteroatoms. The summed E-state index contributed by atoms with van der Waals surface area (Å²) in [4.78, 5) is 20.9. The van der Waals surface area contributed by atoms with E-state index in [1.54, 1.807) is 13.0 Å². The Kier molecular flexibility index (Phi) is 11.3. The Bertz CT molecular complexity index is 796. The maximum absolute atomic E-state index is 12.5. The largest absolute Gasteiger partial charge is 0.357 e. The highest BCUT2D eigenvalue weighted by Crippen LogP contribution is 2.13. The highest BCUT2D eigenvalue weighted by atomic mass is 127. The van der Waals surface area contributed by atoms with Crippen LogP contribution < -0.4 is 5.32 Å². The zero-order valence-electron chi connectivity index (χ0n) is 16.9. The van der Waals surface area contributed by atoms with Gasteiger partial charge < -0.3 is 15.1 Å². The fourth-order valence-electron chi connectivity index (χ4n) is 2.96. The van der Waals surface area contributed by atoms with Gasteiger partial charge >= 0.3 is 0 Å². The van der Waals surface area contributed by atoms with Crippen LogP contribution in [0.3, 0.4) is 0 Å². The van der Waals surface area contributed by atoms with Crippen molar-refractivity contribution in [1.82, 2.24) is 15.1 Å². The van der Waals surface area contributed by atoms with Gasteiger partial charge in [0.2, 0.25) is 5.91 Å². The van der Waals surface area contributed by atoms with Crippen LogP contribution in [0.25, 0.3) is 0 Å². The molecule has 0 unspecified atom stereocenters. The predicted octanol–water partition coefficient (Wildman–Crippen LogP) is 2.04. The Morgan fingerprint density at radius 3 is 2.41 bits per heavy atom. The zero-order valence-corrected chi connectivity index (χ0v) is 20.8. The van der Waals surface area contributed by atoms with Crippen molar-refractivity contribution in [2.75, 3.05) is 50.8 Å². The molecule has 0 saturated carbocycles. The summed E-state index contributed by atoms with van der Waals surface area (Å²) >= 11 is 5.99. The first-order valence-corrected chi connectivity index (χ1v) is 11.8. The lowest BCUT2D eigenvalue weighted by Crippen LogP contribution is -2.54. The van der Waals surface area contributed by atoms with Crippen molar-refractivity contribution in [3.05, 3.63) is 34.9 Å². The normalized spacial score (nSPS) is 15.1. The van der Waals surface area contributed by atoms with Gasteiger partial charge in [0, 0.05) is 43.5 Å². The number of amides is 1. The number of aliphatic imine (C=N–C) groups is 1. The van der Waals surface area contributed by atoms with Crippen molar-refractivity contribution in [3.8, 4) is 0 Å². The number of carbonyl (C=O) groups excluding carboxylic acids is 1. The standard InChI is InChI=1S/C19H29ClN4O3S.HI/c1-3-21-19(22-8-13-28(26,27)4-2)24-11-9-23(10-12-24)18(25)15-16-6-5-7-17(20)14-16;/h5-7,14H,3-4,8-13,15H2,1-2H3,(H,21,22);1H. The molecule has 1 heterocycles. The summed E-state index contributed by atoms with van der Waals surface area (Å²) < 4.78 is 23.3. The molecule has 1 N–H and O–H groups in total. The molecule has 1 fully saturated rings. The van der Waals surface area contributed by atoms with Gasteiger partial charge in [0.05, 0.1) is 18.7 Å². The maximum Gasteiger partial charge on any atom is 0.227 e. The van der Waals surface area contributed by atoms with Crippen molar-refractivity contribution in [2.45, 2.75) is 20.3 Å². The molecule has 0 atom stereocenters. The first-order chi connectivity index (χ1) is 13.3. The molecule has 0 radical (unpaired) electrons. The van der Waals surface area contributed by atoms with Crippen LogP contribution in [-0.4, -0.2) is 80.9 Å². The van der Waals surface area contributed by atoms with Crippen LogP contribution in [0.4, 0.5) is 0 Å². The second-order valence-electron chi connectivity index (χ2n) is 6.65. The molecule has 1 amide bonds. The Labute approximate surface area is 195 Å². The van der Waals surface area contributed by atoms with Crippen molar-refractivity contribution in [3.63, 3.8) is 0 Å². The number of hydrogen-bond acceptors (Lipinski definition) is 4. The Morgan fingerprint density at radius 1 is 1.17 bits per heavy atom. The number of rotatable bonds is 7. The minimum absolute atomic E-state index is 0. The molecule has 1 aliphatic rings. The van der Waals surface area contributed by atoms with Gasteiger partial charge in [-0.1, -0.05) is 30.7 Å². The van der Waals surface area contributed by atoms with E-state index in [2.05, 4.69) is 15.2 Å². The van der Waals surface area contributed by atoms with Crippen LogP contribution in [0.15, 0.2) is 29.3 Å². The number of sulfone groups is 1. The van der Waals surface area contributed by atoms with Gasteiger partial charge in [-0.3, -0.25) is 9.79 Å². The Morgan fingerprint density at radius 2 is 1.83 bits per heavy atom. The van der Waals surface area contributed by atoms with Gasteiger partial charge in [-0.2, -0.15) is 0 Å². The van der Waals surface area contributed by atoms with E-state index in [4.69, 9.17) is 11.6 Å². The summed E-state index contributed by atoms with van der Waals surface area (Å²) in [5, 5.41) is 3.84. The average molecular weight is 557 g/mol. The molecule has 164 valence electrons. The Balaban J connectivity index is 0.00000420. The number of guanidine groups is 1. The lowest BCUT2D eigenvalue weighted by atomic mass is 10.1. The molecule has 0 aromatic heterocycles. The maximum atomic E-state index is 12.5. The second-order valence-corrected chi connectivity index (χ2v) is 9.56. The molecular weight excluding hydrogens is 527 g/mol. The van der Waals surface area contributed by atoms with Crippen molar-refractivity contribution in [1.29, 1.82) is 0 Å². The number of benzene rings is 1. The molecule has 29 heavy (non-hydrogen) atoms. The van der Waals surface area contributed by atoms with Gasteiger partial charge in [-0.25, -0.2) is 8.42 Å². The molecule has 2 rings (SSSR count). The van der Waals surface area contributed by atoms with Crippen LogP contribution in [0.1, 0.15) is 19.4 Å². The molecule has 1 aromatic rings. The molecule has 1 aromatic carbocycles. The van der Waals surface area contributed by atoms with E-state index >= 15 is 0 Å². The van der Waals surface area contributed by atoms with E-state index < -0.39 is 9.84 Å². The second kappa shape index (κ2) is 12.6. The Hall–Kier alpha value is -1.07. The molecular formula is C19H30ClIN4O3S. The van der Waals surface area contributed by atoms with E-state index in [-0.39, 0.29) is 47.9 Å². The van der Waals surface area contributed by atoms with E-state index in [0.29, 0.717) is 50.1 Å². The van der Waals surface area contributed by atoms with Crippen molar-refractivity contribution in [2.24, 2.45) is 4.99 Å². The van der Waals surface area contributed by atoms with E-state index in [9.17, 15) is 13.2 Å². The summed E-state index contributed by atoms with van der Waals surface area (Å²) in [6.07, 6.45) is 0.337. The van der Waals surface area contributed by atoms with Crippen LogP contribution in [0.5, 0.6) is 0 Å². The van der Waals surface area contributed by atoms with Crippen molar-refractivity contribution >= 4 is 57.3 Å². The van der Waals surface area contributed by atoms with Crippen LogP contribution >= 0.6 is 35.6 Å². The van der Waals surface area contributed by atoms with E-state index in [0.717, 1.165) is 5.56 Å². The number of halogens is 2. The average Bonchev–Trinajstić information content (AvgIpc) is 2.67. The van der Waals surface area contributed by atoms with Crippen LogP contribution in [0.2, 0.25) is 5.02 Å². The minimum Gasteiger partial charge on any atom is -0.357 e. The lowest BCUT2D eigenvalue weighted by molar-refractivity contribution is -0.131. The number of hydrogen-bond donors (Lipinski definition) is 1. The number of carbonyl (C=O) groups is 1. The molecule has 0 bridgehead atoms. The number of nitrogens with one attached hydrogen (secondary N) is 1. The summed E-state index contributed by atoms with van der Waals surface area (Å²) in [5.74, 6) is 0.969. The summed E-state index contributed by atoms with van der Waals surface area (Å²) in [6.45, 7) is 7.10. The summed E-state index contributed by atoms with van der Waals surface area (Å²) in [6, 6.07) is 7.36. The molecule has 0 aliphatic carbocycles. The summed E-state index contributed by atoms with van der Waals surface area (Å²) in [7, 11) is -3.03. The first kappa shape index (κ1) is 26.0. The van der Waals surface area contributed by atoms with Gasteiger partial charge in [0.1, 0.15) is 0 Å². The third-order valence-corrected chi connectivity index (χ3v) is 6.53. The minimum atomic E-state index is -3.03. The van der Waals surface area contributed by atoms with Gasteiger partial charge in [0.25, 0.3) is 0 Å². The predicted molar refractivity (Wildman–Crippen MR) is 129 cm³/mol. The molecule has 1 aliphatic heterocycles. The van der Waals surface area contributed by atoms with Crippen molar-refractivity contribution < 1.29 is 13.2 Å².